The molecule has 1 heterocycles. The Morgan fingerprint density at radius 1 is 1.25 bits per heavy atom. The van der Waals surface area contributed by atoms with E-state index < -0.39 is 29.9 Å². The topological polar surface area (TPSA) is 127 Å². The van der Waals surface area contributed by atoms with Gasteiger partial charge in [0.05, 0.1) is 18.3 Å². The van der Waals surface area contributed by atoms with Crippen LogP contribution in [0.15, 0.2) is 48.6 Å². The highest BCUT2D eigenvalue weighted by Crippen LogP contribution is 2.26. The lowest BCUT2D eigenvalue weighted by molar-refractivity contribution is -0.143. The predicted molar refractivity (Wildman–Crippen MR) is 121 cm³/mol. The van der Waals surface area contributed by atoms with Crippen molar-refractivity contribution in [3.8, 4) is 0 Å². The number of rotatable bonds is 11. The van der Waals surface area contributed by atoms with Gasteiger partial charge in [-0.15, -0.1) is 0 Å². The first kappa shape index (κ1) is 26.5. The van der Waals surface area contributed by atoms with Crippen LogP contribution < -0.4 is 0 Å². The molecule has 0 radical (unpaired) electrons. The molecule has 0 aromatic heterocycles. The van der Waals surface area contributed by atoms with Crippen molar-refractivity contribution >= 4 is 5.97 Å². The van der Waals surface area contributed by atoms with E-state index in [-0.39, 0.29) is 31.5 Å². The summed E-state index contributed by atoms with van der Waals surface area (Å²) in [4.78, 5) is 11.6. The maximum absolute atomic E-state index is 11.6. The average molecular weight is 451 g/mol. The van der Waals surface area contributed by atoms with Crippen LogP contribution in [-0.4, -0.2) is 68.1 Å². The maximum atomic E-state index is 11.6. The van der Waals surface area contributed by atoms with Crippen molar-refractivity contribution in [1.29, 1.82) is 0 Å². The second-order valence-electron chi connectivity index (χ2n) is 8.83. The molecule has 0 aromatic rings. The second-order valence-corrected chi connectivity index (χ2v) is 8.83. The van der Waals surface area contributed by atoms with E-state index in [1.165, 1.54) is 24.3 Å². The molecule has 0 aromatic carbocycles. The van der Waals surface area contributed by atoms with Gasteiger partial charge >= 0.3 is 5.97 Å². The fourth-order valence-electron chi connectivity index (χ4n) is 4.23. The Hall–Kier alpha value is -1.77. The summed E-state index contributed by atoms with van der Waals surface area (Å²) in [5.41, 5.74) is -1.77. The summed E-state index contributed by atoms with van der Waals surface area (Å²) in [6.45, 7) is 1.60. The first-order chi connectivity index (χ1) is 15.3. The van der Waals surface area contributed by atoms with Gasteiger partial charge < -0.3 is 30.3 Å². The maximum Gasteiger partial charge on any atom is 0.331 e. The predicted octanol–water partition coefficient (Wildman–Crippen LogP) is 1.94. The van der Waals surface area contributed by atoms with E-state index in [4.69, 9.17) is 4.74 Å². The van der Waals surface area contributed by atoms with Gasteiger partial charge in [0.1, 0.15) is 11.7 Å². The van der Waals surface area contributed by atoms with E-state index >= 15 is 0 Å². The Bertz CT molecular complexity index is 698. The van der Waals surface area contributed by atoms with Crippen molar-refractivity contribution in [3.63, 3.8) is 0 Å². The Morgan fingerprint density at radius 3 is 2.72 bits per heavy atom. The molecule has 7 atom stereocenters. The number of carbonyl (C=O) groups excluding carboxylic acids is 1. The van der Waals surface area contributed by atoms with Crippen LogP contribution in [0.25, 0.3) is 0 Å². The number of allylic oxidation sites excluding steroid dienone is 3. The van der Waals surface area contributed by atoms with Gasteiger partial charge in [0.2, 0.25) is 0 Å². The number of aliphatic hydroxyl groups excluding tert-OH is 4. The van der Waals surface area contributed by atoms with E-state index in [0.29, 0.717) is 5.92 Å². The molecular formula is C25H38O7. The average Bonchev–Trinajstić information content (AvgIpc) is 2.75. The van der Waals surface area contributed by atoms with E-state index in [0.717, 1.165) is 32.1 Å². The van der Waals surface area contributed by atoms with Crippen LogP contribution in [0, 0.1) is 11.8 Å². The summed E-state index contributed by atoms with van der Waals surface area (Å²) < 4.78 is 5.29. The molecule has 1 aliphatic carbocycles. The van der Waals surface area contributed by atoms with Gasteiger partial charge in [-0.25, -0.2) is 4.79 Å². The Morgan fingerprint density at radius 2 is 2.03 bits per heavy atom. The summed E-state index contributed by atoms with van der Waals surface area (Å²) in [6, 6.07) is 0. The lowest BCUT2D eigenvalue weighted by atomic mass is 9.86. The van der Waals surface area contributed by atoms with E-state index in [1.54, 1.807) is 12.2 Å². The highest BCUT2D eigenvalue weighted by Gasteiger charge is 2.34. The molecule has 180 valence electrons. The molecule has 2 aliphatic rings. The summed E-state index contributed by atoms with van der Waals surface area (Å²) in [5.74, 6) is -0.182. The molecule has 0 saturated heterocycles. The monoisotopic (exact) mass is 450 g/mol. The van der Waals surface area contributed by atoms with Crippen molar-refractivity contribution < 1.29 is 35.1 Å². The number of hydrogen-bond acceptors (Lipinski definition) is 7. The largest absolute Gasteiger partial charge is 0.454 e. The minimum absolute atomic E-state index is 0.0370. The molecule has 0 amide bonds. The molecule has 1 saturated carbocycles. The molecule has 0 unspecified atom stereocenters. The van der Waals surface area contributed by atoms with Crippen LogP contribution in [0.3, 0.4) is 0 Å². The van der Waals surface area contributed by atoms with Gasteiger partial charge in [0, 0.05) is 31.4 Å². The van der Waals surface area contributed by atoms with Gasteiger partial charge in [-0.2, -0.15) is 0 Å². The summed E-state index contributed by atoms with van der Waals surface area (Å²) in [7, 11) is 0. The molecule has 1 aliphatic heterocycles. The van der Waals surface area contributed by atoms with Crippen LogP contribution in [0.1, 0.15) is 51.9 Å². The summed E-state index contributed by atoms with van der Waals surface area (Å²) >= 11 is 0. The number of hydrogen-bond donors (Lipinski definition) is 5. The minimum atomic E-state index is -1.77. The summed E-state index contributed by atoms with van der Waals surface area (Å²) in [6.07, 6.45) is 14.1. The molecule has 7 nitrogen and oxygen atoms in total. The van der Waals surface area contributed by atoms with Gasteiger partial charge in [0.15, 0.2) is 0 Å². The molecular weight excluding hydrogens is 412 g/mol. The van der Waals surface area contributed by atoms with Crippen molar-refractivity contribution in [3.05, 3.63) is 48.6 Å². The number of esters is 1. The third-order valence-corrected chi connectivity index (χ3v) is 6.27. The van der Waals surface area contributed by atoms with Crippen LogP contribution in [-0.2, 0) is 9.53 Å². The highest BCUT2D eigenvalue weighted by atomic mass is 16.5. The van der Waals surface area contributed by atoms with E-state index in [9.17, 15) is 30.3 Å². The molecule has 0 spiro atoms. The zero-order valence-electron chi connectivity index (χ0n) is 18.8. The van der Waals surface area contributed by atoms with Crippen molar-refractivity contribution in [1.82, 2.24) is 0 Å². The van der Waals surface area contributed by atoms with Crippen LogP contribution in [0.4, 0.5) is 0 Å². The number of cyclic esters (lactones) is 1. The second kappa shape index (κ2) is 13.1. The zero-order chi connectivity index (χ0) is 23.6. The fourth-order valence-corrected chi connectivity index (χ4v) is 4.23. The Balaban J connectivity index is 1.94. The van der Waals surface area contributed by atoms with Crippen LogP contribution in [0.2, 0.25) is 0 Å². The molecule has 5 N–H and O–H groups in total. The van der Waals surface area contributed by atoms with Gasteiger partial charge in [-0.3, -0.25) is 0 Å². The lowest BCUT2D eigenvalue weighted by Gasteiger charge is -2.32. The van der Waals surface area contributed by atoms with Gasteiger partial charge in [0.25, 0.3) is 0 Å². The first-order valence-electron chi connectivity index (χ1n) is 11.6. The molecule has 0 bridgehead atoms. The fraction of sp³-hybridized carbons (Fsp3) is 0.640. The smallest absolute Gasteiger partial charge is 0.331 e. The SMILES string of the molecule is CC[C@H]1C=CC(=O)O[C@H]1/C=C/[C@](O)(CCO)[C@H](O)C[C@@H](O)/C=C\C=C\[C@@H]1CCC[C@H](O)C1. The summed E-state index contributed by atoms with van der Waals surface area (Å²) in [5, 5.41) is 50.9. The van der Waals surface area contributed by atoms with Crippen molar-refractivity contribution in [2.24, 2.45) is 11.8 Å². The molecule has 2 rings (SSSR count). The van der Waals surface area contributed by atoms with E-state index in [2.05, 4.69) is 0 Å². The Labute approximate surface area is 190 Å². The first-order valence-corrected chi connectivity index (χ1v) is 11.6. The number of aliphatic hydroxyl groups is 5. The standard InChI is InChI=1S/C25H38O7/c1-2-19-10-11-24(30)32-22(19)12-13-25(31,14-15-26)23(29)17-21(28)8-4-3-6-18-7-5-9-20(27)16-18/h3-4,6,8,10-13,18-23,26-29,31H,2,5,7,9,14-17H2,1H3/b6-3+,8-4-,13-12+/t18-,19+,20+,21+,22+,23-,25+/m1/s1. The highest BCUT2D eigenvalue weighted by molar-refractivity contribution is 5.83. The normalized spacial score (nSPS) is 30.6. The lowest BCUT2D eigenvalue weighted by Crippen LogP contribution is -2.43. The quantitative estimate of drug-likeness (QED) is 0.185. The van der Waals surface area contributed by atoms with Gasteiger partial charge in [-0.1, -0.05) is 49.8 Å². The van der Waals surface area contributed by atoms with Crippen molar-refractivity contribution in [2.45, 2.75) is 81.9 Å². The molecule has 1 fully saturated rings. The third-order valence-electron chi connectivity index (χ3n) is 6.27. The van der Waals surface area contributed by atoms with E-state index in [1.807, 2.05) is 19.1 Å². The third kappa shape index (κ3) is 8.30. The number of carbonyl (C=O) groups is 1. The van der Waals surface area contributed by atoms with Crippen LogP contribution in [0.5, 0.6) is 0 Å². The molecule has 7 heteroatoms. The van der Waals surface area contributed by atoms with Gasteiger partial charge in [-0.05, 0) is 37.7 Å². The van der Waals surface area contributed by atoms with Crippen molar-refractivity contribution in [2.75, 3.05) is 6.61 Å². The number of ether oxygens (including phenoxy) is 1. The Kier molecular flexibility index (Phi) is 10.8. The zero-order valence-corrected chi connectivity index (χ0v) is 18.8. The minimum Gasteiger partial charge on any atom is -0.454 e. The van der Waals surface area contributed by atoms with Crippen LogP contribution >= 0.6 is 0 Å². The molecule has 32 heavy (non-hydrogen) atoms.